The minimum atomic E-state index is -0.261. The van der Waals surface area contributed by atoms with E-state index in [1.54, 1.807) is 0 Å². The molecule has 2 atom stereocenters. The summed E-state index contributed by atoms with van der Waals surface area (Å²) in [5.74, 6) is 2.22. The van der Waals surface area contributed by atoms with Crippen molar-refractivity contribution in [3.8, 4) is 5.75 Å². The Morgan fingerprint density at radius 3 is 3.00 bits per heavy atom. The Kier molecular flexibility index (Phi) is 2.96. The first-order chi connectivity index (χ1) is 8.74. The highest BCUT2D eigenvalue weighted by atomic mass is 35.5. The molecule has 1 aliphatic rings. The second kappa shape index (κ2) is 4.61. The minimum Gasteiger partial charge on any atom is -0.493 e. The normalized spacial score (nSPS) is 20.0. The molecule has 2 aromatic rings. The Bertz CT molecular complexity index is 553. The summed E-state index contributed by atoms with van der Waals surface area (Å²) in [5.41, 5.74) is 1.18. The van der Waals surface area contributed by atoms with Gasteiger partial charge in [0.25, 0.3) is 0 Å². The molecule has 1 aromatic carbocycles. The smallest absolute Gasteiger partial charge is 0.244 e. The van der Waals surface area contributed by atoms with Crippen molar-refractivity contribution in [2.45, 2.75) is 24.6 Å². The third kappa shape index (κ3) is 2.08. The van der Waals surface area contributed by atoms with E-state index in [0.717, 1.165) is 12.2 Å². The van der Waals surface area contributed by atoms with E-state index in [1.165, 1.54) is 5.56 Å². The van der Waals surface area contributed by atoms with Crippen molar-refractivity contribution < 1.29 is 9.26 Å². The number of hydrogen-bond donors (Lipinski definition) is 0. The van der Waals surface area contributed by atoms with Crippen LogP contribution in [-0.2, 0) is 6.42 Å². The van der Waals surface area contributed by atoms with E-state index < -0.39 is 0 Å². The van der Waals surface area contributed by atoms with E-state index in [4.69, 9.17) is 20.9 Å². The van der Waals surface area contributed by atoms with Gasteiger partial charge >= 0.3 is 0 Å². The molecule has 0 aliphatic carbocycles. The minimum absolute atomic E-state index is 0.132. The lowest BCUT2D eigenvalue weighted by molar-refractivity contribution is 0.253. The molecule has 0 amide bonds. The van der Waals surface area contributed by atoms with E-state index in [-0.39, 0.29) is 11.3 Å². The molecular formula is C13H13ClN2O2. The van der Waals surface area contributed by atoms with Crippen LogP contribution in [0.25, 0.3) is 0 Å². The van der Waals surface area contributed by atoms with Gasteiger partial charge in [0, 0.05) is 0 Å². The first kappa shape index (κ1) is 11.5. The monoisotopic (exact) mass is 264 g/mol. The number of benzene rings is 1. The van der Waals surface area contributed by atoms with E-state index in [2.05, 4.69) is 16.2 Å². The fourth-order valence-corrected chi connectivity index (χ4v) is 2.16. The molecule has 4 nitrogen and oxygen atoms in total. The summed E-state index contributed by atoms with van der Waals surface area (Å²) in [6.07, 6.45) is 0.867. The maximum absolute atomic E-state index is 5.91. The van der Waals surface area contributed by atoms with Gasteiger partial charge in [-0.2, -0.15) is 4.98 Å². The molecule has 3 rings (SSSR count). The van der Waals surface area contributed by atoms with Gasteiger partial charge in [-0.1, -0.05) is 23.4 Å². The Balaban J connectivity index is 1.83. The maximum atomic E-state index is 5.91. The van der Waals surface area contributed by atoms with E-state index >= 15 is 0 Å². The van der Waals surface area contributed by atoms with Crippen LogP contribution < -0.4 is 4.74 Å². The summed E-state index contributed by atoms with van der Waals surface area (Å²) in [5, 5.41) is 3.72. The summed E-state index contributed by atoms with van der Waals surface area (Å²) >= 11 is 5.91. The van der Waals surface area contributed by atoms with E-state index in [1.807, 2.05) is 25.1 Å². The molecule has 0 saturated heterocycles. The summed E-state index contributed by atoms with van der Waals surface area (Å²) < 4.78 is 10.8. The van der Waals surface area contributed by atoms with Crippen LogP contribution in [0.15, 0.2) is 28.8 Å². The molecule has 5 heteroatoms. The van der Waals surface area contributed by atoms with Gasteiger partial charge in [0.1, 0.15) is 11.1 Å². The molecule has 1 aromatic heterocycles. The average Bonchev–Trinajstić information content (AvgIpc) is 2.88. The van der Waals surface area contributed by atoms with Gasteiger partial charge in [0.15, 0.2) is 5.82 Å². The number of hydrogen-bond acceptors (Lipinski definition) is 4. The van der Waals surface area contributed by atoms with Crippen LogP contribution in [0.3, 0.4) is 0 Å². The Morgan fingerprint density at radius 2 is 2.22 bits per heavy atom. The van der Waals surface area contributed by atoms with Crippen molar-refractivity contribution >= 4 is 11.6 Å². The first-order valence-electron chi connectivity index (χ1n) is 5.92. The largest absolute Gasteiger partial charge is 0.493 e. The molecule has 0 fully saturated rings. The lowest BCUT2D eigenvalue weighted by Crippen LogP contribution is -2.20. The van der Waals surface area contributed by atoms with Gasteiger partial charge in [0.2, 0.25) is 5.89 Å². The lowest BCUT2D eigenvalue weighted by Gasteiger charge is -2.22. The van der Waals surface area contributed by atoms with Crippen molar-refractivity contribution in [1.29, 1.82) is 0 Å². The quantitative estimate of drug-likeness (QED) is 0.782. The molecule has 0 saturated carbocycles. The number of nitrogens with zero attached hydrogens (tertiary/aromatic N) is 2. The number of ether oxygens (including phenoxy) is 1. The topological polar surface area (TPSA) is 48.2 Å². The van der Waals surface area contributed by atoms with Crippen molar-refractivity contribution in [3.63, 3.8) is 0 Å². The van der Waals surface area contributed by atoms with Crippen LogP contribution in [-0.4, -0.2) is 16.7 Å². The van der Waals surface area contributed by atoms with Crippen LogP contribution >= 0.6 is 11.6 Å². The number of alkyl halides is 1. The predicted molar refractivity (Wildman–Crippen MR) is 66.9 cm³/mol. The molecule has 2 unspecified atom stereocenters. The third-order valence-corrected chi connectivity index (χ3v) is 3.23. The Hall–Kier alpha value is -1.55. The Labute approximate surface area is 110 Å². The second-order valence-corrected chi connectivity index (χ2v) is 5.08. The van der Waals surface area contributed by atoms with Crippen LogP contribution in [0, 0.1) is 0 Å². The van der Waals surface area contributed by atoms with Crippen molar-refractivity contribution in [2.75, 3.05) is 6.61 Å². The zero-order valence-corrected chi connectivity index (χ0v) is 10.7. The van der Waals surface area contributed by atoms with Crippen LogP contribution in [0.2, 0.25) is 0 Å². The molecule has 1 aliphatic heterocycles. The number of aromatic nitrogens is 2. The molecule has 94 valence electrons. The fraction of sp³-hybridized carbons (Fsp3) is 0.385. The zero-order valence-electron chi connectivity index (χ0n) is 9.97. The predicted octanol–water partition coefficient (Wildman–Crippen LogP) is 3.09. The van der Waals surface area contributed by atoms with Crippen molar-refractivity contribution in [2.24, 2.45) is 0 Å². The highest BCUT2D eigenvalue weighted by molar-refractivity contribution is 6.20. The molecular weight excluding hydrogens is 252 g/mol. The number of halogens is 1. The molecule has 0 N–H and O–H groups in total. The lowest BCUT2D eigenvalue weighted by atomic mass is 9.96. The van der Waals surface area contributed by atoms with Crippen LogP contribution in [0.1, 0.15) is 35.5 Å². The van der Waals surface area contributed by atoms with Gasteiger partial charge in [-0.25, -0.2) is 0 Å². The van der Waals surface area contributed by atoms with Gasteiger partial charge in [0.05, 0.1) is 12.5 Å². The Morgan fingerprint density at radius 1 is 1.39 bits per heavy atom. The first-order valence-corrected chi connectivity index (χ1v) is 6.36. The van der Waals surface area contributed by atoms with E-state index in [0.29, 0.717) is 18.3 Å². The van der Waals surface area contributed by atoms with Gasteiger partial charge in [-0.05, 0) is 25.0 Å². The van der Waals surface area contributed by atoms with Crippen LogP contribution in [0.4, 0.5) is 0 Å². The summed E-state index contributed by atoms with van der Waals surface area (Å²) in [6, 6.07) is 8.02. The summed E-state index contributed by atoms with van der Waals surface area (Å²) in [4.78, 5) is 4.32. The van der Waals surface area contributed by atoms with Crippen molar-refractivity contribution in [3.05, 3.63) is 41.5 Å². The molecule has 18 heavy (non-hydrogen) atoms. The average molecular weight is 265 g/mol. The highest BCUT2D eigenvalue weighted by Crippen LogP contribution is 2.31. The van der Waals surface area contributed by atoms with Gasteiger partial charge in [-0.3, -0.25) is 0 Å². The fourth-order valence-electron chi connectivity index (χ4n) is 2.07. The zero-order chi connectivity index (χ0) is 12.5. The van der Waals surface area contributed by atoms with Gasteiger partial charge in [-0.15, -0.1) is 11.6 Å². The number of fused-ring (bicyclic) bond motifs is 1. The number of rotatable bonds is 2. The third-order valence-electron chi connectivity index (χ3n) is 3.04. The maximum Gasteiger partial charge on any atom is 0.244 e. The van der Waals surface area contributed by atoms with E-state index in [9.17, 15) is 0 Å². The highest BCUT2D eigenvalue weighted by Gasteiger charge is 2.25. The molecule has 2 heterocycles. The molecule has 0 radical (unpaired) electrons. The second-order valence-electron chi connectivity index (χ2n) is 4.43. The molecule has 0 bridgehead atoms. The summed E-state index contributed by atoms with van der Waals surface area (Å²) in [7, 11) is 0. The van der Waals surface area contributed by atoms with Crippen LogP contribution in [0.5, 0.6) is 5.75 Å². The summed E-state index contributed by atoms with van der Waals surface area (Å²) in [6.45, 7) is 2.39. The van der Waals surface area contributed by atoms with Gasteiger partial charge < -0.3 is 9.26 Å². The standard InChI is InChI=1S/C13H13ClN2O2/c1-8(14)13-15-12(16-18-13)10-6-9-4-2-3-5-11(9)17-7-10/h2-5,8,10H,6-7H2,1H3. The van der Waals surface area contributed by atoms with Crippen molar-refractivity contribution in [1.82, 2.24) is 10.1 Å². The molecule has 0 spiro atoms. The number of para-hydroxylation sites is 1. The SMILES string of the molecule is CC(Cl)c1nc(C2COc3ccccc3C2)no1.